The van der Waals surface area contributed by atoms with E-state index in [4.69, 9.17) is 4.74 Å². The van der Waals surface area contributed by atoms with E-state index >= 15 is 0 Å². The summed E-state index contributed by atoms with van der Waals surface area (Å²) >= 11 is 0.756. The van der Waals surface area contributed by atoms with Gasteiger partial charge in [-0.15, -0.1) is 5.10 Å². The van der Waals surface area contributed by atoms with Gasteiger partial charge in [-0.1, -0.05) is 29.4 Å². The summed E-state index contributed by atoms with van der Waals surface area (Å²) in [5, 5.41) is 12.8. The van der Waals surface area contributed by atoms with Crippen LogP contribution in [0.3, 0.4) is 0 Å². The van der Waals surface area contributed by atoms with Crippen molar-refractivity contribution in [2.45, 2.75) is 17.0 Å². The van der Waals surface area contributed by atoms with Gasteiger partial charge in [0.05, 0.1) is 11.4 Å². The Morgan fingerprint density at radius 1 is 0.944 bits per heavy atom. The molecule has 0 aliphatic rings. The van der Waals surface area contributed by atoms with Gasteiger partial charge in [0.15, 0.2) is 5.75 Å². The largest absolute Gasteiger partial charge is 0.428 e. The summed E-state index contributed by atoms with van der Waals surface area (Å²) in [7, 11) is -3.84. The van der Waals surface area contributed by atoms with E-state index in [1.807, 2.05) is 0 Å². The zero-order valence-corrected chi connectivity index (χ0v) is 20.4. The zero-order valence-electron chi connectivity index (χ0n) is 18.8. The second-order valence-electron chi connectivity index (χ2n) is 7.53. The van der Waals surface area contributed by atoms with E-state index in [9.17, 15) is 22.4 Å². The van der Waals surface area contributed by atoms with Crippen LogP contribution in [0.25, 0.3) is 0 Å². The molecule has 0 bridgehead atoms. The first-order valence-corrected chi connectivity index (χ1v) is 12.9. The van der Waals surface area contributed by atoms with E-state index in [0.717, 1.165) is 11.3 Å². The molecule has 36 heavy (non-hydrogen) atoms. The molecule has 0 atom stereocenters. The van der Waals surface area contributed by atoms with Crippen molar-refractivity contribution in [3.8, 4) is 10.9 Å². The molecule has 12 heteroatoms. The average Bonchev–Trinajstić information content (AvgIpc) is 3.31. The third-order valence-corrected chi connectivity index (χ3v) is 7.66. The van der Waals surface area contributed by atoms with E-state index in [2.05, 4.69) is 20.8 Å². The molecule has 0 saturated carbocycles. The first-order chi connectivity index (χ1) is 17.2. The van der Waals surface area contributed by atoms with Crippen LogP contribution in [0.2, 0.25) is 0 Å². The van der Waals surface area contributed by atoms with E-state index < -0.39 is 21.6 Å². The van der Waals surface area contributed by atoms with Gasteiger partial charge in [-0.3, -0.25) is 9.59 Å². The highest BCUT2D eigenvalue weighted by molar-refractivity contribution is 7.92. The number of carbonyl (C=O) groups excluding carboxylic acids is 2. The van der Waals surface area contributed by atoms with Crippen LogP contribution < -0.4 is 15.4 Å². The maximum absolute atomic E-state index is 13.0. The van der Waals surface area contributed by atoms with Gasteiger partial charge in [-0.25, -0.2) is 12.8 Å². The average molecular weight is 527 g/mol. The minimum atomic E-state index is -3.84. The number of aromatic nitrogens is 2. The number of sulfone groups is 1. The van der Waals surface area contributed by atoms with Crippen molar-refractivity contribution in [3.63, 3.8) is 0 Å². The van der Waals surface area contributed by atoms with Crippen LogP contribution in [0.4, 0.5) is 15.8 Å². The van der Waals surface area contributed by atoms with Crippen LogP contribution in [0.5, 0.6) is 10.9 Å². The number of para-hydroxylation sites is 2. The van der Waals surface area contributed by atoms with Gasteiger partial charge in [0, 0.05) is 18.2 Å². The number of hydrogen-bond acceptors (Lipinski definition) is 8. The van der Waals surface area contributed by atoms with Gasteiger partial charge in [-0.2, -0.15) is 0 Å². The van der Waals surface area contributed by atoms with E-state index in [1.54, 1.807) is 24.3 Å². The molecule has 4 aromatic rings. The fourth-order valence-corrected chi connectivity index (χ4v) is 5.34. The van der Waals surface area contributed by atoms with Crippen molar-refractivity contribution in [2.75, 3.05) is 10.6 Å². The third-order valence-electron chi connectivity index (χ3n) is 4.72. The Labute approximate surface area is 209 Å². The fourth-order valence-electron chi connectivity index (χ4n) is 3.08. The molecule has 0 fully saturated rings. The standard InChI is InChI=1S/C24H19FN4O5S2/c1-15(30)26-20-4-2-3-5-21(20)34-23-28-29-24(35-23)36(32,33)14-16-6-8-17(9-7-16)22(31)27-19-12-10-18(25)11-13-19/h2-13H,14H2,1H3,(H,26,30)(H,27,31). The Morgan fingerprint density at radius 2 is 1.64 bits per heavy atom. The number of benzene rings is 3. The molecule has 0 spiro atoms. The Morgan fingerprint density at radius 3 is 2.33 bits per heavy atom. The number of nitrogens with one attached hydrogen (secondary N) is 2. The molecule has 4 rings (SSSR count). The monoisotopic (exact) mass is 526 g/mol. The molecule has 184 valence electrons. The van der Waals surface area contributed by atoms with Crippen LogP contribution in [0.15, 0.2) is 77.1 Å². The minimum absolute atomic E-state index is 0.000751. The molecular weight excluding hydrogens is 507 g/mol. The molecule has 0 unspecified atom stereocenters. The van der Waals surface area contributed by atoms with Crippen molar-refractivity contribution < 1.29 is 27.1 Å². The Balaban J connectivity index is 1.42. The quantitative estimate of drug-likeness (QED) is 0.342. The number of carbonyl (C=O) groups is 2. The predicted octanol–water partition coefficient (Wildman–Crippen LogP) is 4.65. The summed E-state index contributed by atoms with van der Waals surface area (Å²) < 4.78 is 44.1. The maximum Gasteiger partial charge on any atom is 0.300 e. The van der Waals surface area contributed by atoms with Crippen molar-refractivity contribution in [1.82, 2.24) is 10.2 Å². The lowest BCUT2D eigenvalue weighted by Crippen LogP contribution is -2.12. The lowest BCUT2D eigenvalue weighted by Gasteiger charge is -2.08. The van der Waals surface area contributed by atoms with E-state index in [0.29, 0.717) is 28.3 Å². The van der Waals surface area contributed by atoms with E-state index in [1.165, 1.54) is 55.5 Å². The Kier molecular flexibility index (Phi) is 7.36. The Hall–Kier alpha value is -4.16. The van der Waals surface area contributed by atoms with Crippen molar-refractivity contribution >= 4 is 44.4 Å². The lowest BCUT2D eigenvalue weighted by atomic mass is 10.1. The highest BCUT2D eigenvalue weighted by Crippen LogP contribution is 2.33. The first kappa shape index (κ1) is 24.9. The molecule has 2 N–H and O–H groups in total. The summed E-state index contributed by atoms with van der Waals surface area (Å²) in [6.07, 6.45) is 0. The molecule has 0 saturated heterocycles. The Bertz CT molecular complexity index is 1500. The van der Waals surface area contributed by atoms with Crippen LogP contribution in [0, 0.1) is 5.82 Å². The summed E-state index contributed by atoms with van der Waals surface area (Å²) in [6.45, 7) is 1.36. The predicted molar refractivity (Wildman–Crippen MR) is 132 cm³/mol. The van der Waals surface area contributed by atoms with Crippen LogP contribution in [0.1, 0.15) is 22.8 Å². The molecule has 0 aliphatic carbocycles. The molecule has 9 nitrogen and oxygen atoms in total. The van der Waals surface area contributed by atoms with Crippen molar-refractivity contribution in [1.29, 1.82) is 0 Å². The zero-order chi connectivity index (χ0) is 25.7. The molecule has 0 aliphatic heterocycles. The van der Waals surface area contributed by atoms with Crippen LogP contribution >= 0.6 is 11.3 Å². The van der Waals surface area contributed by atoms with Crippen LogP contribution in [-0.4, -0.2) is 30.4 Å². The van der Waals surface area contributed by atoms with Gasteiger partial charge >= 0.3 is 5.19 Å². The normalized spacial score (nSPS) is 11.1. The molecule has 1 aromatic heterocycles. The van der Waals surface area contributed by atoms with Gasteiger partial charge in [-0.05, 0) is 65.4 Å². The second-order valence-corrected chi connectivity index (χ2v) is 10.6. The number of halogens is 1. The van der Waals surface area contributed by atoms with Crippen molar-refractivity contribution in [2.24, 2.45) is 0 Å². The topological polar surface area (TPSA) is 127 Å². The van der Waals surface area contributed by atoms with Gasteiger partial charge < -0.3 is 15.4 Å². The number of rotatable bonds is 8. The molecular formula is C24H19FN4O5S2. The van der Waals surface area contributed by atoms with Gasteiger partial charge in [0.2, 0.25) is 20.1 Å². The van der Waals surface area contributed by atoms with Crippen LogP contribution in [-0.2, 0) is 20.4 Å². The van der Waals surface area contributed by atoms with Gasteiger partial charge in [0.25, 0.3) is 5.91 Å². The highest BCUT2D eigenvalue weighted by Gasteiger charge is 2.22. The van der Waals surface area contributed by atoms with Crippen molar-refractivity contribution in [3.05, 3.63) is 89.7 Å². The highest BCUT2D eigenvalue weighted by atomic mass is 32.2. The SMILES string of the molecule is CC(=O)Nc1ccccc1Oc1nnc(S(=O)(=O)Cc2ccc(C(=O)Nc3ccc(F)cc3)cc2)s1. The summed E-state index contributed by atoms with van der Waals surface area (Å²) in [5.41, 5.74) is 1.60. The number of anilines is 2. The number of ether oxygens (including phenoxy) is 1. The van der Waals surface area contributed by atoms with Gasteiger partial charge in [0.1, 0.15) is 5.82 Å². The summed E-state index contributed by atoms with van der Waals surface area (Å²) in [5.74, 6) is -1.18. The second kappa shape index (κ2) is 10.6. The fraction of sp³-hybridized carbons (Fsp3) is 0.0833. The number of amides is 2. The molecule has 1 heterocycles. The molecule has 0 radical (unpaired) electrons. The number of nitrogens with zero attached hydrogens (tertiary/aromatic N) is 2. The summed E-state index contributed by atoms with van der Waals surface area (Å²) in [4.78, 5) is 23.7. The number of hydrogen-bond donors (Lipinski definition) is 2. The van der Waals surface area contributed by atoms with E-state index in [-0.39, 0.29) is 21.2 Å². The molecule has 2 amide bonds. The summed E-state index contributed by atoms with van der Waals surface area (Å²) in [6, 6.07) is 18.0. The lowest BCUT2D eigenvalue weighted by molar-refractivity contribution is -0.114. The maximum atomic E-state index is 13.0. The smallest absolute Gasteiger partial charge is 0.300 e. The molecule has 3 aromatic carbocycles. The third kappa shape index (κ3) is 6.29. The first-order valence-electron chi connectivity index (χ1n) is 10.5. The minimum Gasteiger partial charge on any atom is -0.428 e.